The maximum Gasteiger partial charge on any atom is 0.321 e. The molecular weight excluding hydrogens is 282 g/mol. The predicted molar refractivity (Wildman–Crippen MR) is 77.5 cm³/mol. The summed E-state index contributed by atoms with van der Waals surface area (Å²) in [7, 11) is 3.03. The molecule has 0 spiro atoms. The van der Waals surface area contributed by atoms with Crippen molar-refractivity contribution in [2.75, 3.05) is 25.7 Å². The third-order valence-electron chi connectivity index (χ3n) is 4.50. The SMILES string of the molecule is COc1nc(OC)c2c(n1)N1CCCCC1C(C#N)(C#N)C2. The first kappa shape index (κ1) is 14.4. The summed E-state index contributed by atoms with van der Waals surface area (Å²) < 4.78 is 10.5. The van der Waals surface area contributed by atoms with Gasteiger partial charge in [-0.1, -0.05) is 0 Å². The molecule has 1 unspecified atom stereocenters. The highest BCUT2D eigenvalue weighted by Crippen LogP contribution is 2.46. The second-order valence-corrected chi connectivity index (χ2v) is 5.60. The zero-order valence-electron chi connectivity index (χ0n) is 12.7. The molecule has 2 aliphatic heterocycles. The lowest BCUT2D eigenvalue weighted by Gasteiger charge is -2.46. The van der Waals surface area contributed by atoms with Crippen molar-refractivity contribution >= 4 is 5.82 Å². The number of anilines is 1. The number of piperidine rings is 1. The molecule has 114 valence electrons. The fraction of sp³-hybridized carbons (Fsp3) is 0.600. The van der Waals surface area contributed by atoms with Crippen molar-refractivity contribution in [3.8, 4) is 24.0 Å². The fourth-order valence-corrected chi connectivity index (χ4v) is 3.43. The summed E-state index contributed by atoms with van der Waals surface area (Å²) >= 11 is 0. The van der Waals surface area contributed by atoms with Crippen LogP contribution in [-0.2, 0) is 6.42 Å². The number of nitrogens with zero attached hydrogens (tertiary/aromatic N) is 5. The van der Waals surface area contributed by atoms with Crippen LogP contribution >= 0.6 is 0 Å². The van der Waals surface area contributed by atoms with Crippen molar-refractivity contribution in [3.63, 3.8) is 0 Å². The average molecular weight is 299 g/mol. The molecule has 0 saturated carbocycles. The third-order valence-corrected chi connectivity index (χ3v) is 4.50. The molecule has 0 amide bonds. The Morgan fingerprint density at radius 2 is 1.95 bits per heavy atom. The van der Waals surface area contributed by atoms with Gasteiger partial charge in [0.05, 0.1) is 38.0 Å². The number of fused-ring (bicyclic) bond motifs is 3. The van der Waals surface area contributed by atoms with Gasteiger partial charge in [0.15, 0.2) is 5.41 Å². The van der Waals surface area contributed by atoms with E-state index in [1.54, 1.807) is 0 Å². The lowest BCUT2D eigenvalue weighted by Crippen LogP contribution is -2.54. The maximum atomic E-state index is 9.66. The lowest BCUT2D eigenvalue weighted by atomic mass is 9.71. The second kappa shape index (κ2) is 5.34. The van der Waals surface area contributed by atoms with Crippen molar-refractivity contribution < 1.29 is 9.47 Å². The average Bonchev–Trinajstić information content (AvgIpc) is 2.60. The van der Waals surface area contributed by atoms with E-state index >= 15 is 0 Å². The van der Waals surface area contributed by atoms with Crippen molar-refractivity contribution in [1.29, 1.82) is 10.5 Å². The monoisotopic (exact) mass is 299 g/mol. The molecule has 1 aromatic heterocycles. The van der Waals surface area contributed by atoms with Crippen molar-refractivity contribution in [3.05, 3.63) is 5.56 Å². The molecule has 0 bridgehead atoms. The van der Waals surface area contributed by atoms with Crippen LogP contribution in [0.15, 0.2) is 0 Å². The number of hydrogen-bond donors (Lipinski definition) is 0. The molecule has 7 nitrogen and oxygen atoms in total. The summed E-state index contributed by atoms with van der Waals surface area (Å²) in [6.45, 7) is 0.770. The Morgan fingerprint density at radius 1 is 1.18 bits per heavy atom. The Bertz CT molecular complexity index is 662. The Balaban J connectivity index is 2.21. The van der Waals surface area contributed by atoms with Gasteiger partial charge < -0.3 is 14.4 Å². The Hall–Kier alpha value is -2.54. The molecule has 3 rings (SSSR count). The van der Waals surface area contributed by atoms with Crippen LogP contribution in [0.25, 0.3) is 0 Å². The highest BCUT2D eigenvalue weighted by Gasteiger charge is 2.50. The highest BCUT2D eigenvalue weighted by molar-refractivity contribution is 5.59. The van der Waals surface area contributed by atoms with E-state index in [2.05, 4.69) is 27.0 Å². The summed E-state index contributed by atoms with van der Waals surface area (Å²) in [5, 5.41) is 19.3. The van der Waals surface area contributed by atoms with Crippen molar-refractivity contribution in [1.82, 2.24) is 9.97 Å². The van der Waals surface area contributed by atoms with E-state index in [0.29, 0.717) is 11.4 Å². The molecule has 0 aliphatic carbocycles. The van der Waals surface area contributed by atoms with E-state index in [-0.39, 0.29) is 18.5 Å². The number of rotatable bonds is 2. The standard InChI is InChI=1S/C15H17N5O2/c1-21-13-10-7-15(8-16,9-17)11-5-3-4-6-20(11)12(10)18-14(19-13)22-2/h11H,3-7H2,1-2H3. The van der Waals surface area contributed by atoms with Gasteiger partial charge in [0.2, 0.25) is 5.88 Å². The zero-order valence-corrected chi connectivity index (χ0v) is 12.7. The molecular formula is C15H17N5O2. The van der Waals surface area contributed by atoms with Gasteiger partial charge in [-0.05, 0) is 19.3 Å². The highest BCUT2D eigenvalue weighted by atomic mass is 16.5. The lowest BCUT2D eigenvalue weighted by molar-refractivity contribution is 0.288. The summed E-state index contributed by atoms with van der Waals surface area (Å²) in [6, 6.07) is 4.58. The van der Waals surface area contributed by atoms with Crippen LogP contribution in [-0.4, -0.2) is 36.8 Å². The van der Waals surface area contributed by atoms with Crippen LogP contribution in [0.2, 0.25) is 0 Å². The Labute approximate surface area is 129 Å². The number of methoxy groups -OCH3 is 2. The molecule has 1 saturated heterocycles. The van der Waals surface area contributed by atoms with E-state index in [0.717, 1.165) is 31.6 Å². The molecule has 3 heterocycles. The quantitative estimate of drug-likeness (QED) is 0.815. The second-order valence-electron chi connectivity index (χ2n) is 5.60. The van der Waals surface area contributed by atoms with E-state index in [4.69, 9.17) is 9.47 Å². The zero-order chi connectivity index (χ0) is 15.7. The minimum absolute atomic E-state index is 0.145. The van der Waals surface area contributed by atoms with E-state index in [1.807, 2.05) is 0 Å². The maximum absolute atomic E-state index is 9.66. The summed E-state index contributed by atoms with van der Waals surface area (Å²) in [6.07, 6.45) is 3.12. The molecule has 1 fully saturated rings. The smallest absolute Gasteiger partial charge is 0.321 e. The van der Waals surface area contributed by atoms with Crippen LogP contribution in [0.4, 0.5) is 5.82 Å². The van der Waals surface area contributed by atoms with Crippen LogP contribution < -0.4 is 14.4 Å². The summed E-state index contributed by atoms with van der Waals surface area (Å²) in [4.78, 5) is 10.7. The molecule has 0 N–H and O–H groups in total. The van der Waals surface area contributed by atoms with Crippen LogP contribution in [0.1, 0.15) is 24.8 Å². The fourth-order valence-electron chi connectivity index (χ4n) is 3.43. The number of nitriles is 2. The predicted octanol–water partition coefficient (Wildman–Crippen LogP) is 1.44. The first-order valence-corrected chi connectivity index (χ1v) is 7.27. The minimum atomic E-state index is -1.08. The number of ether oxygens (including phenoxy) is 2. The largest absolute Gasteiger partial charge is 0.481 e. The molecule has 1 atom stereocenters. The summed E-state index contributed by atoms with van der Waals surface area (Å²) in [5.74, 6) is 1.11. The van der Waals surface area contributed by atoms with Gasteiger partial charge in [0.25, 0.3) is 0 Å². The van der Waals surface area contributed by atoms with E-state index < -0.39 is 5.41 Å². The molecule has 2 aliphatic rings. The van der Waals surface area contributed by atoms with Gasteiger partial charge in [-0.25, -0.2) is 0 Å². The minimum Gasteiger partial charge on any atom is -0.481 e. The van der Waals surface area contributed by atoms with Crippen LogP contribution in [0.3, 0.4) is 0 Å². The third kappa shape index (κ3) is 1.93. The van der Waals surface area contributed by atoms with Crippen molar-refractivity contribution in [2.24, 2.45) is 5.41 Å². The molecule has 22 heavy (non-hydrogen) atoms. The van der Waals surface area contributed by atoms with E-state index in [1.165, 1.54) is 14.2 Å². The molecule has 7 heteroatoms. The van der Waals surface area contributed by atoms with E-state index in [9.17, 15) is 10.5 Å². The number of aromatic nitrogens is 2. The van der Waals surface area contributed by atoms with Gasteiger partial charge in [-0.15, -0.1) is 0 Å². The first-order valence-electron chi connectivity index (χ1n) is 7.27. The van der Waals surface area contributed by atoms with Gasteiger partial charge in [0, 0.05) is 13.0 Å². The Kier molecular flexibility index (Phi) is 3.50. The molecule has 0 aromatic carbocycles. The summed E-state index contributed by atoms with van der Waals surface area (Å²) in [5.41, 5.74) is -0.372. The topological polar surface area (TPSA) is 95.1 Å². The van der Waals surface area contributed by atoms with Gasteiger partial charge in [-0.3, -0.25) is 0 Å². The normalized spacial score (nSPS) is 21.8. The van der Waals surface area contributed by atoms with Gasteiger partial charge >= 0.3 is 6.01 Å². The van der Waals surface area contributed by atoms with Crippen molar-refractivity contribution in [2.45, 2.75) is 31.7 Å². The van der Waals surface area contributed by atoms with Gasteiger partial charge in [-0.2, -0.15) is 20.5 Å². The van der Waals surface area contributed by atoms with Crippen LogP contribution in [0.5, 0.6) is 11.9 Å². The Morgan fingerprint density at radius 3 is 2.59 bits per heavy atom. The molecule has 0 radical (unpaired) electrons. The van der Waals surface area contributed by atoms with Crippen LogP contribution in [0, 0.1) is 28.1 Å². The first-order chi connectivity index (χ1) is 10.7. The number of hydrogen-bond acceptors (Lipinski definition) is 7. The van der Waals surface area contributed by atoms with Gasteiger partial charge in [0.1, 0.15) is 5.82 Å². The molecule has 1 aromatic rings.